The fraction of sp³-hybridized carbons (Fsp3) is 0.545. The summed E-state index contributed by atoms with van der Waals surface area (Å²) in [6.07, 6.45) is 3.65. The summed E-state index contributed by atoms with van der Waals surface area (Å²) in [5.74, 6) is 0.862. The van der Waals surface area contributed by atoms with Gasteiger partial charge in [0.05, 0.1) is 4.88 Å². The summed E-state index contributed by atoms with van der Waals surface area (Å²) >= 11 is 1.58. The second-order valence-electron chi connectivity index (χ2n) is 8.13. The topological polar surface area (TPSA) is 43.9 Å². The summed E-state index contributed by atoms with van der Waals surface area (Å²) < 4.78 is 1.16. The highest BCUT2D eigenvalue weighted by Crippen LogP contribution is 2.29. The van der Waals surface area contributed by atoms with Gasteiger partial charge in [0.1, 0.15) is 0 Å². The number of piperidine rings is 1. The predicted molar refractivity (Wildman–Crippen MR) is 114 cm³/mol. The highest BCUT2D eigenvalue weighted by molar-refractivity contribution is 7.20. The van der Waals surface area contributed by atoms with E-state index in [1.807, 2.05) is 28.0 Å². The van der Waals surface area contributed by atoms with E-state index in [9.17, 15) is 9.59 Å². The van der Waals surface area contributed by atoms with Crippen molar-refractivity contribution in [1.29, 1.82) is 0 Å². The number of nitrogens with zero attached hydrogens (tertiary/aromatic N) is 3. The van der Waals surface area contributed by atoms with Gasteiger partial charge in [0.25, 0.3) is 5.91 Å². The van der Waals surface area contributed by atoms with Crippen LogP contribution in [0.15, 0.2) is 30.3 Å². The first kappa shape index (κ1) is 19.4. The summed E-state index contributed by atoms with van der Waals surface area (Å²) in [6.45, 7) is 5.23. The third kappa shape index (κ3) is 4.39. The van der Waals surface area contributed by atoms with Crippen LogP contribution in [0.25, 0.3) is 10.1 Å². The number of likely N-dealkylation sites (N-methyl/N-ethyl adjacent to an activating group) is 1. The first-order chi connectivity index (χ1) is 13.6. The molecule has 0 saturated carbocycles. The molecule has 28 heavy (non-hydrogen) atoms. The fourth-order valence-electron chi connectivity index (χ4n) is 4.27. The van der Waals surface area contributed by atoms with Crippen LogP contribution in [0.2, 0.25) is 0 Å². The maximum atomic E-state index is 13.0. The van der Waals surface area contributed by atoms with E-state index in [4.69, 9.17) is 0 Å². The predicted octanol–water partition coefficient (Wildman–Crippen LogP) is 3.31. The quantitative estimate of drug-likeness (QED) is 0.792. The lowest BCUT2D eigenvalue weighted by Gasteiger charge is -2.34. The Bertz CT molecular complexity index is 808. The zero-order valence-electron chi connectivity index (χ0n) is 16.6. The maximum absolute atomic E-state index is 13.0. The molecule has 2 fully saturated rings. The Morgan fingerprint density at radius 1 is 1.07 bits per heavy atom. The molecule has 0 spiro atoms. The van der Waals surface area contributed by atoms with E-state index in [-0.39, 0.29) is 11.8 Å². The molecule has 0 bridgehead atoms. The maximum Gasteiger partial charge on any atom is 0.263 e. The summed E-state index contributed by atoms with van der Waals surface area (Å²) in [4.78, 5) is 32.6. The van der Waals surface area contributed by atoms with Gasteiger partial charge in [-0.2, -0.15) is 0 Å². The minimum atomic E-state index is 0.149. The average Bonchev–Trinajstić information content (AvgIpc) is 3.16. The SMILES string of the molecule is CN1CCN(C(=O)CCC2CCCN(C(=O)c3cc4ccccc4s3)C2)CC1. The first-order valence-electron chi connectivity index (χ1n) is 10.3. The van der Waals surface area contributed by atoms with Gasteiger partial charge < -0.3 is 14.7 Å². The number of carbonyl (C=O) groups excluding carboxylic acids is 2. The lowest BCUT2D eigenvalue weighted by Crippen LogP contribution is -2.47. The van der Waals surface area contributed by atoms with Crippen LogP contribution in [0.5, 0.6) is 0 Å². The normalized spacial score (nSPS) is 21.2. The molecule has 0 radical (unpaired) electrons. The molecule has 2 aromatic rings. The molecular weight excluding hydrogens is 370 g/mol. The number of thiophene rings is 1. The molecule has 2 aliphatic rings. The molecule has 0 aliphatic carbocycles. The monoisotopic (exact) mass is 399 g/mol. The minimum absolute atomic E-state index is 0.149. The Labute approximate surface area is 170 Å². The third-order valence-corrected chi connectivity index (χ3v) is 7.17. The number of carbonyl (C=O) groups is 2. The van der Waals surface area contributed by atoms with E-state index >= 15 is 0 Å². The Hall–Kier alpha value is -1.92. The fourth-order valence-corrected chi connectivity index (χ4v) is 5.30. The van der Waals surface area contributed by atoms with Gasteiger partial charge in [-0.15, -0.1) is 11.3 Å². The molecule has 0 N–H and O–H groups in total. The number of benzene rings is 1. The van der Waals surface area contributed by atoms with Crippen LogP contribution in [0.1, 0.15) is 35.4 Å². The number of rotatable bonds is 4. The van der Waals surface area contributed by atoms with Crippen LogP contribution in [0.4, 0.5) is 0 Å². The van der Waals surface area contributed by atoms with Crippen molar-refractivity contribution in [3.05, 3.63) is 35.2 Å². The van der Waals surface area contributed by atoms with Gasteiger partial charge in [-0.3, -0.25) is 9.59 Å². The van der Waals surface area contributed by atoms with Crippen molar-refractivity contribution in [3.63, 3.8) is 0 Å². The van der Waals surface area contributed by atoms with Gasteiger partial charge >= 0.3 is 0 Å². The van der Waals surface area contributed by atoms with Crippen LogP contribution in [0.3, 0.4) is 0 Å². The molecule has 2 amide bonds. The number of hydrogen-bond acceptors (Lipinski definition) is 4. The Morgan fingerprint density at radius 3 is 2.64 bits per heavy atom. The minimum Gasteiger partial charge on any atom is -0.340 e. The smallest absolute Gasteiger partial charge is 0.263 e. The molecule has 5 nitrogen and oxygen atoms in total. The van der Waals surface area contributed by atoms with Crippen molar-refractivity contribution < 1.29 is 9.59 Å². The molecule has 4 rings (SSSR count). The summed E-state index contributed by atoms with van der Waals surface area (Å²) in [5.41, 5.74) is 0. The van der Waals surface area contributed by atoms with Crippen molar-refractivity contribution >= 4 is 33.2 Å². The molecule has 150 valence electrons. The standard InChI is InChI=1S/C22H29N3O2S/c1-23-11-13-24(14-12-23)21(26)9-8-17-5-4-10-25(16-17)22(27)20-15-18-6-2-3-7-19(18)28-20/h2-3,6-7,15,17H,4-5,8-14,16H2,1H3. The molecule has 1 atom stereocenters. The lowest BCUT2D eigenvalue weighted by atomic mass is 9.93. The highest BCUT2D eigenvalue weighted by Gasteiger charge is 2.27. The number of likely N-dealkylation sites (tertiary alicyclic amines) is 1. The van der Waals surface area contributed by atoms with Gasteiger partial charge in [0.15, 0.2) is 0 Å². The molecule has 1 aromatic heterocycles. The van der Waals surface area contributed by atoms with Crippen LogP contribution in [-0.2, 0) is 4.79 Å². The Balaban J connectivity index is 1.31. The van der Waals surface area contributed by atoms with Crippen LogP contribution in [0, 0.1) is 5.92 Å². The van der Waals surface area contributed by atoms with Crippen molar-refractivity contribution in [2.75, 3.05) is 46.3 Å². The molecule has 2 saturated heterocycles. The largest absolute Gasteiger partial charge is 0.340 e. The lowest BCUT2D eigenvalue weighted by molar-refractivity contribution is -0.133. The van der Waals surface area contributed by atoms with E-state index < -0.39 is 0 Å². The molecular formula is C22H29N3O2S. The number of fused-ring (bicyclic) bond motifs is 1. The molecule has 1 unspecified atom stereocenters. The molecule has 2 aliphatic heterocycles. The van der Waals surface area contributed by atoms with E-state index in [1.54, 1.807) is 11.3 Å². The molecule has 3 heterocycles. The highest BCUT2D eigenvalue weighted by atomic mass is 32.1. The van der Waals surface area contributed by atoms with Crippen molar-refractivity contribution in [2.24, 2.45) is 5.92 Å². The second kappa shape index (κ2) is 8.62. The van der Waals surface area contributed by atoms with E-state index in [1.165, 1.54) is 0 Å². The van der Waals surface area contributed by atoms with Gasteiger partial charge in [-0.05, 0) is 49.7 Å². The van der Waals surface area contributed by atoms with Gasteiger partial charge in [0.2, 0.25) is 5.91 Å². The Morgan fingerprint density at radius 2 is 1.86 bits per heavy atom. The van der Waals surface area contributed by atoms with Crippen molar-refractivity contribution in [1.82, 2.24) is 14.7 Å². The number of amides is 2. The number of piperazine rings is 1. The van der Waals surface area contributed by atoms with Crippen LogP contribution in [-0.4, -0.2) is 72.8 Å². The summed E-state index contributed by atoms with van der Waals surface area (Å²) in [5, 5.41) is 1.14. The third-order valence-electron chi connectivity index (χ3n) is 6.06. The van der Waals surface area contributed by atoms with E-state index in [0.717, 1.165) is 73.5 Å². The number of hydrogen-bond donors (Lipinski definition) is 0. The van der Waals surface area contributed by atoms with Gasteiger partial charge in [0, 0.05) is 50.4 Å². The van der Waals surface area contributed by atoms with E-state index in [2.05, 4.69) is 24.1 Å². The van der Waals surface area contributed by atoms with Crippen molar-refractivity contribution in [3.8, 4) is 0 Å². The first-order valence-corrected chi connectivity index (χ1v) is 11.2. The van der Waals surface area contributed by atoms with Crippen LogP contribution < -0.4 is 0 Å². The zero-order chi connectivity index (χ0) is 19.5. The van der Waals surface area contributed by atoms with Crippen LogP contribution >= 0.6 is 11.3 Å². The average molecular weight is 400 g/mol. The molecule has 1 aromatic carbocycles. The van der Waals surface area contributed by atoms with E-state index in [0.29, 0.717) is 12.3 Å². The van der Waals surface area contributed by atoms with Crippen molar-refractivity contribution in [2.45, 2.75) is 25.7 Å². The van der Waals surface area contributed by atoms with Gasteiger partial charge in [-0.25, -0.2) is 0 Å². The summed E-state index contributed by atoms with van der Waals surface area (Å²) in [7, 11) is 2.10. The summed E-state index contributed by atoms with van der Waals surface area (Å²) in [6, 6.07) is 10.2. The Kier molecular flexibility index (Phi) is 5.97. The zero-order valence-corrected chi connectivity index (χ0v) is 17.4. The molecule has 6 heteroatoms. The second-order valence-corrected chi connectivity index (χ2v) is 9.21. The van der Waals surface area contributed by atoms with Gasteiger partial charge in [-0.1, -0.05) is 18.2 Å².